The number of benzene rings is 1. The normalized spacial score (nSPS) is 10.9. The molecule has 132 valence electrons. The summed E-state index contributed by atoms with van der Waals surface area (Å²) in [5.41, 5.74) is 0.617. The first-order chi connectivity index (χ1) is 12.3. The number of nitrogens with zero attached hydrogens (tertiary/aromatic N) is 2. The van der Waals surface area contributed by atoms with Gasteiger partial charge in [-0.1, -0.05) is 17.9 Å². The number of hydrogen-bond acceptors (Lipinski definition) is 4. The minimum Gasteiger partial charge on any atom is -0.378 e. The van der Waals surface area contributed by atoms with E-state index >= 15 is 0 Å². The maximum atomic E-state index is 11.3. The molecular formula is C20H19N3O2S. The van der Waals surface area contributed by atoms with Crippen LogP contribution < -0.4 is 5.32 Å². The van der Waals surface area contributed by atoms with Crippen LogP contribution in [0.2, 0.25) is 0 Å². The predicted molar refractivity (Wildman–Crippen MR) is 104 cm³/mol. The zero-order valence-electron chi connectivity index (χ0n) is 14.8. The Bertz CT molecular complexity index is 1000. The van der Waals surface area contributed by atoms with Crippen LogP contribution in [-0.2, 0) is 4.79 Å². The summed E-state index contributed by atoms with van der Waals surface area (Å²) >= 11 is 1.52. The second-order valence-electron chi connectivity index (χ2n) is 6.33. The first kappa shape index (κ1) is 17.9. The molecule has 2 N–H and O–H groups in total. The highest BCUT2D eigenvalue weighted by Crippen LogP contribution is 2.29. The number of aliphatic hydroxyl groups is 1. The number of amides is 1. The Labute approximate surface area is 156 Å². The highest BCUT2D eigenvalue weighted by Gasteiger charge is 2.11. The van der Waals surface area contributed by atoms with Crippen molar-refractivity contribution in [1.29, 1.82) is 0 Å². The van der Waals surface area contributed by atoms with Crippen LogP contribution in [0.4, 0.5) is 5.69 Å². The summed E-state index contributed by atoms with van der Waals surface area (Å²) in [7, 11) is 0. The second kappa shape index (κ2) is 7.16. The van der Waals surface area contributed by atoms with Crippen molar-refractivity contribution < 1.29 is 9.90 Å². The maximum absolute atomic E-state index is 11.3. The molecular weight excluding hydrogens is 346 g/mol. The third-order valence-corrected chi connectivity index (χ3v) is 4.40. The predicted octanol–water partition coefficient (Wildman–Crippen LogP) is 3.68. The third-order valence-electron chi connectivity index (χ3n) is 3.40. The van der Waals surface area contributed by atoms with Crippen LogP contribution in [0, 0.1) is 11.8 Å². The molecule has 3 rings (SSSR count). The van der Waals surface area contributed by atoms with E-state index in [9.17, 15) is 9.90 Å². The largest absolute Gasteiger partial charge is 0.378 e. The molecule has 0 spiro atoms. The molecule has 0 unspecified atom stereocenters. The Morgan fingerprint density at radius 1 is 1.31 bits per heavy atom. The van der Waals surface area contributed by atoms with Gasteiger partial charge in [0.15, 0.2) is 5.82 Å². The monoisotopic (exact) mass is 365 g/mol. The zero-order chi connectivity index (χ0) is 18.7. The van der Waals surface area contributed by atoms with Crippen molar-refractivity contribution >= 4 is 22.9 Å². The summed E-state index contributed by atoms with van der Waals surface area (Å²) in [6, 6.07) is 11.5. The molecule has 2 aromatic heterocycles. The number of anilines is 1. The van der Waals surface area contributed by atoms with Gasteiger partial charge < -0.3 is 10.4 Å². The average Bonchev–Trinajstić information content (AvgIpc) is 3.21. The number of nitrogens with one attached hydrogen (secondary N) is 1. The van der Waals surface area contributed by atoms with E-state index in [1.165, 1.54) is 18.3 Å². The van der Waals surface area contributed by atoms with Gasteiger partial charge in [0.2, 0.25) is 5.91 Å². The molecule has 5 nitrogen and oxygen atoms in total. The van der Waals surface area contributed by atoms with Gasteiger partial charge in [-0.05, 0) is 44.2 Å². The molecule has 0 bridgehead atoms. The van der Waals surface area contributed by atoms with Crippen molar-refractivity contribution in [3.8, 4) is 28.2 Å². The van der Waals surface area contributed by atoms with Gasteiger partial charge in [0.1, 0.15) is 5.60 Å². The molecule has 0 saturated carbocycles. The number of rotatable bonds is 3. The van der Waals surface area contributed by atoms with Gasteiger partial charge in [0, 0.05) is 30.7 Å². The minimum absolute atomic E-state index is 0.110. The fraction of sp³-hybridized carbons (Fsp3) is 0.200. The van der Waals surface area contributed by atoms with E-state index in [0.717, 1.165) is 27.0 Å². The van der Waals surface area contributed by atoms with Crippen LogP contribution >= 0.6 is 11.3 Å². The summed E-state index contributed by atoms with van der Waals surface area (Å²) in [4.78, 5) is 17.6. The molecule has 0 fully saturated rings. The van der Waals surface area contributed by atoms with E-state index in [1.54, 1.807) is 20.0 Å². The van der Waals surface area contributed by atoms with E-state index in [4.69, 9.17) is 0 Å². The lowest BCUT2D eigenvalue weighted by atomic mass is 10.1. The molecule has 0 aliphatic rings. The lowest BCUT2D eigenvalue weighted by Crippen LogP contribution is -2.14. The number of thiophene rings is 1. The van der Waals surface area contributed by atoms with Gasteiger partial charge in [-0.25, -0.2) is 4.98 Å². The van der Waals surface area contributed by atoms with Crippen molar-refractivity contribution in [2.75, 3.05) is 5.32 Å². The van der Waals surface area contributed by atoms with E-state index in [0.29, 0.717) is 0 Å². The van der Waals surface area contributed by atoms with Crippen molar-refractivity contribution in [3.63, 3.8) is 0 Å². The van der Waals surface area contributed by atoms with E-state index in [1.807, 2.05) is 47.2 Å². The molecule has 2 heterocycles. The highest BCUT2D eigenvalue weighted by atomic mass is 32.1. The number of imidazole rings is 1. The molecule has 0 saturated heterocycles. The van der Waals surface area contributed by atoms with Gasteiger partial charge >= 0.3 is 0 Å². The number of carbonyl (C=O) groups is 1. The Kier molecular flexibility index (Phi) is 4.94. The third kappa shape index (κ3) is 4.39. The zero-order valence-corrected chi connectivity index (χ0v) is 15.6. The Balaban J connectivity index is 1.93. The van der Waals surface area contributed by atoms with Crippen LogP contribution in [0.5, 0.6) is 0 Å². The van der Waals surface area contributed by atoms with Crippen LogP contribution in [0.1, 0.15) is 25.6 Å². The fourth-order valence-corrected chi connectivity index (χ4v) is 3.22. The van der Waals surface area contributed by atoms with Gasteiger partial charge in [-0.3, -0.25) is 9.36 Å². The van der Waals surface area contributed by atoms with Crippen molar-refractivity contribution in [1.82, 2.24) is 9.55 Å². The first-order valence-electron chi connectivity index (χ1n) is 8.09. The average molecular weight is 365 g/mol. The lowest BCUT2D eigenvalue weighted by molar-refractivity contribution is -0.114. The van der Waals surface area contributed by atoms with Gasteiger partial charge in [-0.2, -0.15) is 0 Å². The molecule has 6 heteroatoms. The molecule has 26 heavy (non-hydrogen) atoms. The second-order valence-corrected chi connectivity index (χ2v) is 7.41. The Morgan fingerprint density at radius 3 is 2.85 bits per heavy atom. The van der Waals surface area contributed by atoms with Gasteiger partial charge in [0.05, 0.1) is 9.75 Å². The smallest absolute Gasteiger partial charge is 0.221 e. The minimum atomic E-state index is -1.02. The van der Waals surface area contributed by atoms with Gasteiger partial charge in [0.25, 0.3) is 0 Å². The SMILES string of the molecule is CC(=O)Nc1cccc(-n2ccnc2-c2ccc(C#CC(C)(C)O)s2)c1. The molecule has 3 aromatic rings. The number of hydrogen-bond donors (Lipinski definition) is 2. The molecule has 0 aliphatic carbocycles. The van der Waals surface area contributed by atoms with Crippen LogP contribution in [0.3, 0.4) is 0 Å². The quantitative estimate of drug-likeness (QED) is 0.696. The Hall–Kier alpha value is -2.88. The summed E-state index contributed by atoms with van der Waals surface area (Å²) in [6.07, 6.45) is 3.62. The van der Waals surface area contributed by atoms with Crippen LogP contribution in [-0.4, -0.2) is 26.2 Å². The first-order valence-corrected chi connectivity index (χ1v) is 8.91. The topological polar surface area (TPSA) is 67.2 Å². The van der Waals surface area contributed by atoms with Gasteiger partial charge in [-0.15, -0.1) is 11.3 Å². The Morgan fingerprint density at radius 2 is 2.12 bits per heavy atom. The maximum Gasteiger partial charge on any atom is 0.221 e. The molecule has 0 radical (unpaired) electrons. The number of carbonyl (C=O) groups excluding carboxylic acids is 1. The number of aromatic nitrogens is 2. The van der Waals surface area contributed by atoms with Crippen LogP contribution in [0.25, 0.3) is 16.4 Å². The van der Waals surface area contributed by atoms with E-state index < -0.39 is 5.60 Å². The lowest BCUT2D eigenvalue weighted by Gasteiger charge is -2.09. The summed E-state index contributed by atoms with van der Waals surface area (Å²) < 4.78 is 1.96. The molecule has 0 aliphatic heterocycles. The van der Waals surface area contributed by atoms with Crippen molar-refractivity contribution in [2.45, 2.75) is 26.4 Å². The molecule has 1 aromatic carbocycles. The van der Waals surface area contributed by atoms with E-state index in [-0.39, 0.29) is 5.91 Å². The van der Waals surface area contributed by atoms with E-state index in [2.05, 4.69) is 22.1 Å². The summed E-state index contributed by atoms with van der Waals surface area (Å²) in [5, 5.41) is 12.5. The van der Waals surface area contributed by atoms with Crippen LogP contribution in [0.15, 0.2) is 48.8 Å². The fourth-order valence-electron chi connectivity index (χ4n) is 2.37. The summed E-state index contributed by atoms with van der Waals surface area (Å²) in [6.45, 7) is 4.80. The molecule has 0 atom stereocenters. The van der Waals surface area contributed by atoms with Crippen molar-refractivity contribution in [3.05, 3.63) is 53.7 Å². The standard InChI is InChI=1S/C20H19N3O2S/c1-14(24)22-15-5-4-6-16(13-15)23-12-11-21-19(23)18-8-7-17(26-18)9-10-20(2,3)25/h4-8,11-13,25H,1-3H3,(H,22,24). The summed E-state index contributed by atoms with van der Waals surface area (Å²) in [5.74, 6) is 6.50. The van der Waals surface area contributed by atoms with Crippen molar-refractivity contribution in [2.24, 2.45) is 0 Å². The highest BCUT2D eigenvalue weighted by molar-refractivity contribution is 7.15. The molecule has 1 amide bonds.